The molecular formula is C16H12BrFN2O2S. The second kappa shape index (κ2) is 5.90. The highest BCUT2D eigenvalue weighted by atomic mass is 79.9. The minimum absolute atomic E-state index is 0.130. The van der Waals surface area contributed by atoms with Crippen LogP contribution >= 0.6 is 15.9 Å². The van der Waals surface area contributed by atoms with Gasteiger partial charge in [0.2, 0.25) is 0 Å². The van der Waals surface area contributed by atoms with Crippen molar-refractivity contribution in [3.8, 4) is 0 Å². The van der Waals surface area contributed by atoms with E-state index >= 15 is 0 Å². The van der Waals surface area contributed by atoms with E-state index < -0.39 is 15.8 Å². The van der Waals surface area contributed by atoms with Crippen LogP contribution < -0.4 is 5.32 Å². The van der Waals surface area contributed by atoms with E-state index in [1.165, 1.54) is 12.1 Å². The number of hydrogen-bond donors (Lipinski definition) is 1. The summed E-state index contributed by atoms with van der Waals surface area (Å²) < 4.78 is 42.9. The molecule has 1 aliphatic rings. The van der Waals surface area contributed by atoms with Gasteiger partial charge in [-0.25, -0.2) is 4.39 Å². The van der Waals surface area contributed by atoms with E-state index in [9.17, 15) is 12.8 Å². The maximum atomic E-state index is 13.9. The molecule has 7 heteroatoms. The van der Waals surface area contributed by atoms with Gasteiger partial charge in [0.25, 0.3) is 10.0 Å². The minimum Gasteiger partial charge on any atom is -0.337 e. The zero-order valence-corrected chi connectivity index (χ0v) is 14.4. The highest BCUT2D eigenvalue weighted by Gasteiger charge is 2.31. The van der Waals surface area contributed by atoms with Crippen molar-refractivity contribution in [1.29, 1.82) is 0 Å². The first-order valence-electron chi connectivity index (χ1n) is 6.72. The van der Waals surface area contributed by atoms with Crippen molar-refractivity contribution >= 4 is 42.4 Å². The summed E-state index contributed by atoms with van der Waals surface area (Å²) in [5.74, 6) is -0.370. The first kappa shape index (κ1) is 15.9. The van der Waals surface area contributed by atoms with Crippen molar-refractivity contribution in [1.82, 2.24) is 0 Å². The first-order valence-corrected chi connectivity index (χ1v) is 8.95. The average Bonchev–Trinajstić information content (AvgIpc) is 2.72. The summed E-state index contributed by atoms with van der Waals surface area (Å²) in [6.45, 7) is 1.65. The largest absolute Gasteiger partial charge is 0.337 e. The molecule has 0 aromatic heterocycles. The van der Waals surface area contributed by atoms with Crippen molar-refractivity contribution < 1.29 is 12.8 Å². The molecule has 0 atom stereocenters. The maximum Gasteiger partial charge on any atom is 0.285 e. The molecule has 0 bridgehead atoms. The molecule has 118 valence electrons. The van der Waals surface area contributed by atoms with Crippen LogP contribution in [0.4, 0.5) is 10.1 Å². The van der Waals surface area contributed by atoms with Crippen molar-refractivity contribution in [2.75, 3.05) is 5.32 Å². The van der Waals surface area contributed by atoms with Crippen LogP contribution in [0.5, 0.6) is 0 Å². The van der Waals surface area contributed by atoms with Gasteiger partial charge in [0.15, 0.2) is 0 Å². The molecule has 0 spiro atoms. The van der Waals surface area contributed by atoms with E-state index in [4.69, 9.17) is 0 Å². The number of amidine groups is 1. The number of benzene rings is 2. The molecule has 0 aliphatic carbocycles. The third-order valence-electron chi connectivity index (χ3n) is 3.39. The molecule has 1 N–H and O–H groups in total. The highest BCUT2D eigenvalue weighted by Crippen LogP contribution is 2.33. The molecule has 4 nitrogen and oxygen atoms in total. The van der Waals surface area contributed by atoms with Gasteiger partial charge in [0.1, 0.15) is 16.6 Å². The number of nitrogens with one attached hydrogen (secondary N) is 1. The van der Waals surface area contributed by atoms with Crippen LogP contribution in [-0.2, 0) is 10.0 Å². The fourth-order valence-corrected chi connectivity index (χ4v) is 4.09. The van der Waals surface area contributed by atoms with Crippen LogP contribution in [0.15, 0.2) is 63.0 Å². The van der Waals surface area contributed by atoms with Gasteiger partial charge in [-0.05, 0) is 30.7 Å². The molecule has 0 fully saturated rings. The Bertz CT molecular complexity index is 938. The number of hydrogen-bond acceptors (Lipinski definition) is 3. The summed E-state index contributed by atoms with van der Waals surface area (Å²) in [7, 11) is -3.81. The standard InChI is InChI=1S/C16H12BrFN2O2S/c1-10-15(11-5-3-2-4-6-11)23(21,22)20-16(10)19-14-8-7-12(17)9-13(14)18/h2-9H,1H3,(H,19,20). The van der Waals surface area contributed by atoms with Crippen LogP contribution in [0.1, 0.15) is 12.5 Å². The van der Waals surface area contributed by atoms with E-state index in [1.807, 2.05) is 0 Å². The van der Waals surface area contributed by atoms with Gasteiger partial charge in [0.05, 0.1) is 5.69 Å². The number of anilines is 1. The van der Waals surface area contributed by atoms with E-state index in [2.05, 4.69) is 25.6 Å². The Kier molecular flexibility index (Phi) is 4.08. The molecule has 0 unspecified atom stereocenters. The fraction of sp³-hybridized carbons (Fsp3) is 0.0625. The zero-order chi connectivity index (χ0) is 16.6. The summed E-state index contributed by atoms with van der Waals surface area (Å²) in [4.78, 5) is 0.137. The Labute approximate surface area is 141 Å². The Morgan fingerprint density at radius 1 is 1.13 bits per heavy atom. The lowest BCUT2D eigenvalue weighted by Gasteiger charge is -2.08. The molecule has 23 heavy (non-hydrogen) atoms. The third-order valence-corrected chi connectivity index (χ3v) is 5.36. The molecule has 1 aliphatic heterocycles. The minimum atomic E-state index is -3.81. The smallest absolute Gasteiger partial charge is 0.285 e. The topological polar surface area (TPSA) is 58.5 Å². The van der Waals surface area contributed by atoms with Gasteiger partial charge in [0, 0.05) is 10.0 Å². The van der Waals surface area contributed by atoms with E-state index in [-0.39, 0.29) is 16.4 Å². The molecule has 2 aromatic rings. The average molecular weight is 395 g/mol. The van der Waals surface area contributed by atoms with Crippen LogP contribution in [0.25, 0.3) is 4.91 Å². The van der Waals surface area contributed by atoms with Gasteiger partial charge < -0.3 is 5.32 Å². The molecule has 0 saturated carbocycles. The molecule has 0 amide bonds. The van der Waals surface area contributed by atoms with Gasteiger partial charge in [-0.2, -0.15) is 8.42 Å². The first-order chi connectivity index (χ1) is 10.9. The SMILES string of the molecule is CC1=C(c2ccccc2)S(=O)(=O)N=C1Nc1ccc(Br)cc1F. The summed E-state index contributed by atoms with van der Waals surface area (Å²) in [6, 6.07) is 13.2. The summed E-state index contributed by atoms with van der Waals surface area (Å²) in [5, 5.41) is 2.76. The van der Waals surface area contributed by atoms with Crippen LogP contribution in [0.2, 0.25) is 0 Å². The molecule has 2 aromatic carbocycles. The van der Waals surface area contributed by atoms with Crippen LogP contribution in [0.3, 0.4) is 0 Å². The predicted octanol–water partition coefficient (Wildman–Crippen LogP) is 4.17. The molecule has 0 radical (unpaired) electrons. The van der Waals surface area contributed by atoms with E-state index in [0.717, 1.165) is 0 Å². The maximum absolute atomic E-state index is 13.9. The number of nitrogens with zero attached hydrogens (tertiary/aromatic N) is 1. The van der Waals surface area contributed by atoms with Crippen molar-refractivity contribution in [3.63, 3.8) is 0 Å². The molecule has 0 saturated heterocycles. The summed E-state index contributed by atoms with van der Waals surface area (Å²) in [6.07, 6.45) is 0. The lowest BCUT2D eigenvalue weighted by molar-refractivity contribution is 0.608. The molecule has 1 heterocycles. The highest BCUT2D eigenvalue weighted by molar-refractivity contribution is 9.10. The Balaban J connectivity index is 2.03. The summed E-state index contributed by atoms with van der Waals surface area (Å²) >= 11 is 3.18. The number of halogens is 2. The quantitative estimate of drug-likeness (QED) is 0.831. The van der Waals surface area contributed by atoms with Gasteiger partial charge in [-0.3, -0.25) is 0 Å². The normalized spacial score (nSPS) is 16.4. The second-order valence-electron chi connectivity index (χ2n) is 4.98. The lowest BCUT2D eigenvalue weighted by atomic mass is 10.1. The molecular weight excluding hydrogens is 383 g/mol. The van der Waals surface area contributed by atoms with Gasteiger partial charge in [-0.1, -0.05) is 46.3 Å². The van der Waals surface area contributed by atoms with E-state index in [1.54, 1.807) is 43.3 Å². The number of rotatable bonds is 2. The van der Waals surface area contributed by atoms with Gasteiger partial charge >= 0.3 is 0 Å². The van der Waals surface area contributed by atoms with Crippen LogP contribution in [-0.4, -0.2) is 14.3 Å². The Morgan fingerprint density at radius 3 is 2.48 bits per heavy atom. The van der Waals surface area contributed by atoms with Gasteiger partial charge in [-0.15, -0.1) is 4.40 Å². The third kappa shape index (κ3) is 3.07. The monoisotopic (exact) mass is 394 g/mol. The van der Waals surface area contributed by atoms with Crippen molar-refractivity contribution in [3.05, 3.63) is 70.0 Å². The Hall–Kier alpha value is -1.99. The van der Waals surface area contributed by atoms with Crippen molar-refractivity contribution in [2.45, 2.75) is 6.92 Å². The second-order valence-corrected chi connectivity index (χ2v) is 7.44. The summed E-state index contributed by atoms with van der Waals surface area (Å²) in [5.41, 5.74) is 1.18. The van der Waals surface area contributed by atoms with Crippen LogP contribution in [0, 0.1) is 5.82 Å². The number of sulfonamides is 1. The Morgan fingerprint density at radius 2 is 1.83 bits per heavy atom. The van der Waals surface area contributed by atoms with E-state index in [0.29, 0.717) is 15.6 Å². The molecule has 3 rings (SSSR count). The van der Waals surface area contributed by atoms with Crippen molar-refractivity contribution in [2.24, 2.45) is 4.40 Å². The lowest BCUT2D eigenvalue weighted by Crippen LogP contribution is -2.12. The predicted molar refractivity (Wildman–Crippen MR) is 93.1 cm³/mol. The fourth-order valence-electron chi connectivity index (χ4n) is 2.33. The zero-order valence-electron chi connectivity index (χ0n) is 12.0.